The second kappa shape index (κ2) is 9.60. The molecule has 1 heterocycles. The van der Waals surface area contributed by atoms with Crippen molar-refractivity contribution < 1.29 is 28.6 Å². The molecular formula is C19H23NO6. The normalized spacial score (nSPS) is 16.1. The second-order valence-corrected chi connectivity index (χ2v) is 5.94. The lowest BCUT2D eigenvalue weighted by Gasteiger charge is -2.10. The van der Waals surface area contributed by atoms with Crippen molar-refractivity contribution in [1.29, 1.82) is 0 Å². The van der Waals surface area contributed by atoms with Crippen molar-refractivity contribution in [3.63, 3.8) is 0 Å². The number of rotatable bonds is 8. The molecule has 1 amide bonds. The Hall–Kier alpha value is -2.83. The number of cyclic esters (lactones) is 1. The number of nitrogens with one attached hydrogen (secondary N) is 1. The van der Waals surface area contributed by atoms with Crippen LogP contribution in [-0.2, 0) is 19.0 Å². The fourth-order valence-corrected chi connectivity index (χ4v) is 2.32. The summed E-state index contributed by atoms with van der Waals surface area (Å²) in [7, 11) is 0. The molecule has 1 aliphatic heterocycles. The van der Waals surface area contributed by atoms with Gasteiger partial charge in [-0.25, -0.2) is 14.4 Å². The summed E-state index contributed by atoms with van der Waals surface area (Å²) < 4.78 is 15.1. The standard InChI is InChI=1S/C19H23NO6/c1-3-4-10-24-18(22)14-5-7-16(8-6-14)20-19(23)25-11-9-15-12-26-17(21)13(15)2/h5-8,15H,2-4,9-12H2,1H3,(H,20,23)/t15-/m0/s1. The zero-order valence-electron chi connectivity index (χ0n) is 14.8. The molecule has 0 radical (unpaired) electrons. The molecule has 0 aromatic heterocycles. The molecule has 1 aromatic carbocycles. The fraction of sp³-hybridized carbons (Fsp3) is 0.421. The molecule has 7 nitrogen and oxygen atoms in total. The SMILES string of the molecule is C=C1C(=O)OC[C@@H]1CCOC(=O)Nc1ccc(C(=O)OCCCC)cc1. The van der Waals surface area contributed by atoms with E-state index in [2.05, 4.69) is 11.9 Å². The van der Waals surface area contributed by atoms with Gasteiger partial charge >= 0.3 is 18.0 Å². The van der Waals surface area contributed by atoms with E-state index in [9.17, 15) is 14.4 Å². The maximum Gasteiger partial charge on any atom is 0.411 e. The molecule has 0 unspecified atom stereocenters. The van der Waals surface area contributed by atoms with Crippen molar-refractivity contribution in [1.82, 2.24) is 0 Å². The lowest BCUT2D eigenvalue weighted by molar-refractivity contribution is -0.135. The van der Waals surface area contributed by atoms with Crippen LogP contribution >= 0.6 is 0 Å². The number of ether oxygens (including phenoxy) is 3. The van der Waals surface area contributed by atoms with Crippen molar-refractivity contribution in [3.8, 4) is 0 Å². The maximum atomic E-state index is 11.8. The number of carbonyl (C=O) groups excluding carboxylic acids is 3. The molecule has 1 aliphatic rings. The molecule has 1 fully saturated rings. The predicted octanol–water partition coefficient (Wildman–Crippen LogP) is 3.31. The van der Waals surface area contributed by atoms with Crippen LogP contribution in [0.15, 0.2) is 36.4 Å². The van der Waals surface area contributed by atoms with Gasteiger partial charge in [0.15, 0.2) is 0 Å². The summed E-state index contributed by atoms with van der Waals surface area (Å²) in [5.74, 6) is -0.901. The summed E-state index contributed by atoms with van der Waals surface area (Å²) in [6.45, 7) is 6.50. The highest BCUT2D eigenvalue weighted by Gasteiger charge is 2.28. The van der Waals surface area contributed by atoms with Crippen LogP contribution in [0.5, 0.6) is 0 Å². The highest BCUT2D eigenvalue weighted by molar-refractivity contribution is 5.91. The Balaban J connectivity index is 1.72. The van der Waals surface area contributed by atoms with Crippen LogP contribution in [0.4, 0.5) is 10.5 Å². The van der Waals surface area contributed by atoms with E-state index in [1.165, 1.54) is 0 Å². The third-order valence-electron chi connectivity index (χ3n) is 3.97. The second-order valence-electron chi connectivity index (χ2n) is 5.94. The monoisotopic (exact) mass is 361 g/mol. The minimum absolute atomic E-state index is 0.117. The summed E-state index contributed by atoms with van der Waals surface area (Å²) in [6, 6.07) is 6.36. The lowest BCUT2D eigenvalue weighted by Crippen LogP contribution is -2.16. The smallest absolute Gasteiger partial charge is 0.411 e. The Morgan fingerprint density at radius 1 is 1.23 bits per heavy atom. The van der Waals surface area contributed by atoms with E-state index >= 15 is 0 Å². The van der Waals surface area contributed by atoms with E-state index in [1.54, 1.807) is 24.3 Å². The first kappa shape index (κ1) is 19.5. The summed E-state index contributed by atoms with van der Waals surface area (Å²) in [5, 5.41) is 2.57. The molecule has 2 rings (SSSR count). The zero-order chi connectivity index (χ0) is 18.9. The molecule has 1 saturated heterocycles. The van der Waals surface area contributed by atoms with Gasteiger partial charge in [-0.1, -0.05) is 19.9 Å². The Kier molecular flexibility index (Phi) is 7.20. The van der Waals surface area contributed by atoms with Crippen LogP contribution in [0, 0.1) is 5.92 Å². The van der Waals surface area contributed by atoms with Crippen LogP contribution in [0.25, 0.3) is 0 Å². The molecule has 140 valence electrons. The average Bonchev–Trinajstić information content (AvgIpc) is 2.94. The van der Waals surface area contributed by atoms with Gasteiger partial charge in [0.05, 0.1) is 25.4 Å². The number of amides is 1. The Bertz CT molecular complexity index is 667. The van der Waals surface area contributed by atoms with Gasteiger partial charge in [0.25, 0.3) is 0 Å². The molecule has 0 aliphatic carbocycles. The summed E-state index contributed by atoms with van der Waals surface area (Å²) >= 11 is 0. The van der Waals surface area contributed by atoms with Gasteiger partial charge in [0.1, 0.15) is 0 Å². The number of unbranched alkanes of at least 4 members (excludes halogenated alkanes) is 1. The third-order valence-corrected chi connectivity index (χ3v) is 3.97. The number of carbonyl (C=O) groups is 3. The Labute approximate surface area is 152 Å². The van der Waals surface area contributed by atoms with E-state index in [1.807, 2.05) is 6.92 Å². The molecule has 1 N–H and O–H groups in total. The van der Waals surface area contributed by atoms with E-state index in [-0.39, 0.29) is 25.1 Å². The van der Waals surface area contributed by atoms with Crippen molar-refractivity contribution in [2.75, 3.05) is 25.1 Å². The zero-order valence-corrected chi connectivity index (χ0v) is 14.8. The molecule has 26 heavy (non-hydrogen) atoms. The van der Waals surface area contributed by atoms with Crippen LogP contribution < -0.4 is 5.32 Å². The van der Waals surface area contributed by atoms with Crippen LogP contribution in [0.1, 0.15) is 36.5 Å². The average molecular weight is 361 g/mol. The molecule has 1 atom stereocenters. The minimum atomic E-state index is -0.612. The highest BCUT2D eigenvalue weighted by atomic mass is 16.6. The number of esters is 2. The highest BCUT2D eigenvalue weighted by Crippen LogP contribution is 2.22. The first-order valence-corrected chi connectivity index (χ1v) is 8.58. The van der Waals surface area contributed by atoms with Crippen LogP contribution in [0.3, 0.4) is 0 Å². The van der Waals surface area contributed by atoms with Gasteiger partial charge in [-0.05, 0) is 37.1 Å². The van der Waals surface area contributed by atoms with Gasteiger partial charge in [-0.3, -0.25) is 5.32 Å². The number of hydrogen-bond acceptors (Lipinski definition) is 6. The summed E-state index contributed by atoms with van der Waals surface area (Å²) in [6.07, 6.45) is 1.64. The van der Waals surface area contributed by atoms with E-state index in [0.717, 1.165) is 12.8 Å². The van der Waals surface area contributed by atoms with Crippen molar-refractivity contribution >= 4 is 23.7 Å². The largest absolute Gasteiger partial charge is 0.462 e. The molecule has 0 saturated carbocycles. The van der Waals surface area contributed by atoms with Gasteiger partial charge in [0, 0.05) is 17.2 Å². The number of anilines is 1. The Morgan fingerprint density at radius 3 is 2.58 bits per heavy atom. The van der Waals surface area contributed by atoms with Gasteiger partial charge in [-0.2, -0.15) is 0 Å². The quantitative estimate of drug-likeness (QED) is 0.331. The molecule has 1 aromatic rings. The minimum Gasteiger partial charge on any atom is -0.462 e. The van der Waals surface area contributed by atoms with Crippen molar-refractivity contribution in [2.45, 2.75) is 26.2 Å². The predicted molar refractivity (Wildman–Crippen MR) is 94.8 cm³/mol. The molecular weight excluding hydrogens is 338 g/mol. The van der Waals surface area contributed by atoms with Gasteiger partial charge in [-0.15, -0.1) is 0 Å². The molecule has 0 spiro atoms. The Morgan fingerprint density at radius 2 is 1.96 bits per heavy atom. The number of hydrogen-bond donors (Lipinski definition) is 1. The third kappa shape index (κ3) is 5.61. The van der Waals surface area contributed by atoms with Crippen molar-refractivity contribution in [2.24, 2.45) is 5.92 Å². The van der Waals surface area contributed by atoms with Crippen molar-refractivity contribution in [3.05, 3.63) is 42.0 Å². The van der Waals surface area contributed by atoms with E-state index in [0.29, 0.717) is 29.9 Å². The molecule has 0 bridgehead atoms. The fourth-order valence-electron chi connectivity index (χ4n) is 2.32. The van der Waals surface area contributed by atoms with E-state index < -0.39 is 12.1 Å². The lowest BCUT2D eigenvalue weighted by atomic mass is 10.0. The first-order chi connectivity index (χ1) is 12.5. The van der Waals surface area contributed by atoms with Crippen LogP contribution in [-0.4, -0.2) is 37.9 Å². The summed E-state index contributed by atoms with van der Waals surface area (Å²) in [5.41, 5.74) is 1.34. The first-order valence-electron chi connectivity index (χ1n) is 8.58. The maximum absolute atomic E-state index is 11.8. The van der Waals surface area contributed by atoms with Gasteiger partial charge < -0.3 is 14.2 Å². The molecule has 7 heteroatoms. The topological polar surface area (TPSA) is 90.9 Å². The summed E-state index contributed by atoms with van der Waals surface area (Å²) in [4.78, 5) is 34.8. The van der Waals surface area contributed by atoms with E-state index in [4.69, 9.17) is 14.2 Å². The number of benzene rings is 1. The van der Waals surface area contributed by atoms with Crippen LogP contribution in [0.2, 0.25) is 0 Å². The van der Waals surface area contributed by atoms with Gasteiger partial charge in [0.2, 0.25) is 0 Å².